The molecule has 0 bridgehead atoms. The summed E-state index contributed by atoms with van der Waals surface area (Å²) in [5.74, 6) is 3.46. The van der Waals surface area contributed by atoms with Crippen molar-refractivity contribution in [2.45, 2.75) is 32.6 Å². The van der Waals surface area contributed by atoms with Crippen LogP contribution < -0.4 is 5.32 Å². The number of nitrogens with one attached hydrogen (secondary N) is 1. The molecule has 1 aliphatic carbocycles. The van der Waals surface area contributed by atoms with Crippen molar-refractivity contribution in [2.75, 3.05) is 6.54 Å². The van der Waals surface area contributed by atoms with Crippen LogP contribution in [0.1, 0.15) is 32.6 Å². The molecule has 1 saturated carbocycles. The Balaban J connectivity index is 2.33. The van der Waals surface area contributed by atoms with E-state index in [1.807, 2.05) is 0 Å². The van der Waals surface area contributed by atoms with Gasteiger partial charge in [-0.1, -0.05) is 25.7 Å². The lowest BCUT2D eigenvalue weighted by Gasteiger charge is -2.25. The van der Waals surface area contributed by atoms with Gasteiger partial charge in [0.15, 0.2) is 0 Å². The molecule has 0 saturated heterocycles. The predicted octanol–water partition coefficient (Wildman–Crippen LogP) is 1.56. The van der Waals surface area contributed by atoms with Crippen LogP contribution in [0.3, 0.4) is 0 Å². The van der Waals surface area contributed by atoms with Crippen molar-refractivity contribution in [3.8, 4) is 12.3 Å². The van der Waals surface area contributed by atoms with Crippen molar-refractivity contribution < 1.29 is 4.79 Å². The topological polar surface area (TPSA) is 29.1 Å². The number of rotatable bonds is 2. The summed E-state index contributed by atoms with van der Waals surface area (Å²) in [5, 5.41) is 2.75. The highest BCUT2D eigenvalue weighted by Crippen LogP contribution is 2.28. The fourth-order valence-electron chi connectivity index (χ4n) is 1.95. The standard InChI is InChI=1S/C11H17NO/c1-3-7-12-11(13)10-6-4-5-9(2)8-10/h1,9-10H,4-8H2,2H3,(H,12,13). The molecule has 0 aromatic heterocycles. The largest absolute Gasteiger partial charge is 0.345 e. The van der Waals surface area contributed by atoms with Crippen molar-refractivity contribution in [2.24, 2.45) is 11.8 Å². The summed E-state index contributed by atoms with van der Waals surface area (Å²) in [6.45, 7) is 2.57. The SMILES string of the molecule is C#CCNC(=O)C1CCCC(C)C1. The first kappa shape index (κ1) is 10.1. The number of terminal acetylenes is 1. The third kappa shape index (κ3) is 3.10. The predicted molar refractivity (Wildman–Crippen MR) is 53.0 cm³/mol. The Hall–Kier alpha value is -0.970. The van der Waals surface area contributed by atoms with E-state index >= 15 is 0 Å². The van der Waals surface area contributed by atoms with E-state index in [2.05, 4.69) is 18.2 Å². The molecule has 13 heavy (non-hydrogen) atoms. The van der Waals surface area contributed by atoms with Crippen LogP contribution in [-0.4, -0.2) is 12.5 Å². The first-order valence-electron chi connectivity index (χ1n) is 4.95. The Morgan fingerprint density at radius 1 is 1.62 bits per heavy atom. The zero-order chi connectivity index (χ0) is 9.68. The lowest BCUT2D eigenvalue weighted by Crippen LogP contribution is -2.33. The van der Waals surface area contributed by atoms with Crippen LogP contribution in [0.5, 0.6) is 0 Å². The van der Waals surface area contributed by atoms with Gasteiger partial charge in [-0.25, -0.2) is 0 Å². The number of hydrogen-bond acceptors (Lipinski definition) is 1. The minimum absolute atomic E-state index is 0.143. The maximum atomic E-state index is 11.5. The summed E-state index contributed by atoms with van der Waals surface area (Å²) in [4.78, 5) is 11.5. The van der Waals surface area contributed by atoms with Crippen LogP contribution in [0.15, 0.2) is 0 Å². The molecule has 2 heteroatoms. The molecule has 1 rings (SSSR count). The number of hydrogen-bond donors (Lipinski definition) is 1. The van der Waals surface area contributed by atoms with Crippen LogP contribution in [0.25, 0.3) is 0 Å². The quantitative estimate of drug-likeness (QED) is 0.640. The number of carbonyl (C=O) groups is 1. The average molecular weight is 179 g/mol. The highest BCUT2D eigenvalue weighted by molar-refractivity contribution is 5.78. The second-order valence-electron chi connectivity index (χ2n) is 3.89. The molecule has 2 unspecified atom stereocenters. The van der Waals surface area contributed by atoms with E-state index in [1.54, 1.807) is 0 Å². The highest BCUT2D eigenvalue weighted by Gasteiger charge is 2.24. The monoisotopic (exact) mass is 179 g/mol. The highest BCUT2D eigenvalue weighted by atomic mass is 16.1. The van der Waals surface area contributed by atoms with Crippen LogP contribution in [0.2, 0.25) is 0 Å². The molecule has 0 heterocycles. The Morgan fingerprint density at radius 2 is 2.38 bits per heavy atom. The van der Waals surface area contributed by atoms with Gasteiger partial charge in [-0.05, 0) is 18.8 Å². The lowest BCUT2D eigenvalue weighted by atomic mass is 9.82. The minimum Gasteiger partial charge on any atom is -0.345 e. The summed E-state index contributed by atoms with van der Waals surface area (Å²) in [6.07, 6.45) is 9.56. The van der Waals surface area contributed by atoms with Gasteiger partial charge in [0, 0.05) is 5.92 Å². The molecule has 1 aliphatic rings. The lowest BCUT2D eigenvalue weighted by molar-refractivity contribution is -0.126. The van der Waals surface area contributed by atoms with Crippen LogP contribution in [0, 0.1) is 24.2 Å². The molecule has 0 radical (unpaired) electrons. The van der Waals surface area contributed by atoms with Crippen LogP contribution >= 0.6 is 0 Å². The maximum absolute atomic E-state index is 11.5. The van der Waals surface area contributed by atoms with E-state index in [1.165, 1.54) is 12.8 Å². The molecule has 72 valence electrons. The van der Waals surface area contributed by atoms with Crippen LogP contribution in [0.4, 0.5) is 0 Å². The third-order valence-electron chi connectivity index (χ3n) is 2.67. The fraction of sp³-hybridized carbons (Fsp3) is 0.727. The maximum Gasteiger partial charge on any atom is 0.223 e. The molecular formula is C11H17NO. The molecule has 0 aliphatic heterocycles. The molecule has 0 aromatic rings. The first-order chi connectivity index (χ1) is 6.24. The third-order valence-corrected chi connectivity index (χ3v) is 2.67. The summed E-state index contributed by atoms with van der Waals surface area (Å²) in [7, 11) is 0. The Kier molecular flexibility index (Phi) is 3.82. The summed E-state index contributed by atoms with van der Waals surface area (Å²) in [5.41, 5.74) is 0. The van der Waals surface area contributed by atoms with E-state index in [0.29, 0.717) is 12.5 Å². The smallest absolute Gasteiger partial charge is 0.223 e. The van der Waals surface area contributed by atoms with Gasteiger partial charge in [0.05, 0.1) is 6.54 Å². The fourth-order valence-corrected chi connectivity index (χ4v) is 1.95. The van der Waals surface area contributed by atoms with Crippen molar-refractivity contribution in [3.63, 3.8) is 0 Å². The summed E-state index contributed by atoms with van der Waals surface area (Å²) >= 11 is 0. The normalized spacial score (nSPS) is 27.7. The molecule has 2 nitrogen and oxygen atoms in total. The van der Waals surface area contributed by atoms with E-state index in [4.69, 9.17) is 6.42 Å². The molecule has 1 fully saturated rings. The number of carbonyl (C=O) groups excluding carboxylic acids is 1. The van der Waals surface area contributed by atoms with E-state index in [0.717, 1.165) is 12.8 Å². The van der Waals surface area contributed by atoms with Crippen molar-refractivity contribution >= 4 is 5.91 Å². The van der Waals surface area contributed by atoms with E-state index in [-0.39, 0.29) is 11.8 Å². The van der Waals surface area contributed by atoms with Gasteiger partial charge in [-0.2, -0.15) is 0 Å². The molecule has 0 aromatic carbocycles. The van der Waals surface area contributed by atoms with Gasteiger partial charge in [-0.3, -0.25) is 4.79 Å². The summed E-state index contributed by atoms with van der Waals surface area (Å²) < 4.78 is 0. The van der Waals surface area contributed by atoms with Crippen molar-refractivity contribution in [3.05, 3.63) is 0 Å². The van der Waals surface area contributed by atoms with Gasteiger partial charge in [-0.15, -0.1) is 6.42 Å². The number of amides is 1. The molecular weight excluding hydrogens is 162 g/mol. The average Bonchev–Trinajstić information content (AvgIpc) is 2.14. The van der Waals surface area contributed by atoms with Crippen molar-refractivity contribution in [1.29, 1.82) is 0 Å². The molecule has 1 N–H and O–H groups in total. The Labute approximate surface area is 80.1 Å². The van der Waals surface area contributed by atoms with Gasteiger partial charge in [0.25, 0.3) is 0 Å². The van der Waals surface area contributed by atoms with Gasteiger partial charge < -0.3 is 5.32 Å². The first-order valence-corrected chi connectivity index (χ1v) is 4.95. The summed E-state index contributed by atoms with van der Waals surface area (Å²) in [6, 6.07) is 0. The second kappa shape index (κ2) is 4.91. The minimum atomic E-state index is 0.143. The van der Waals surface area contributed by atoms with Crippen LogP contribution in [-0.2, 0) is 4.79 Å². The van der Waals surface area contributed by atoms with Gasteiger partial charge in [0.1, 0.15) is 0 Å². The molecule has 2 atom stereocenters. The second-order valence-corrected chi connectivity index (χ2v) is 3.89. The Morgan fingerprint density at radius 3 is 3.00 bits per heavy atom. The molecule has 1 amide bonds. The Bertz CT molecular complexity index is 217. The van der Waals surface area contributed by atoms with E-state index in [9.17, 15) is 4.79 Å². The van der Waals surface area contributed by atoms with Crippen molar-refractivity contribution in [1.82, 2.24) is 5.32 Å². The zero-order valence-corrected chi connectivity index (χ0v) is 8.18. The molecule has 0 spiro atoms. The van der Waals surface area contributed by atoms with Gasteiger partial charge in [0.2, 0.25) is 5.91 Å². The zero-order valence-electron chi connectivity index (χ0n) is 8.18. The van der Waals surface area contributed by atoms with E-state index < -0.39 is 0 Å². The van der Waals surface area contributed by atoms with Gasteiger partial charge >= 0.3 is 0 Å².